The number of carbonyl (C=O) groups is 2. The average Bonchev–Trinajstić information content (AvgIpc) is 2.97. The van der Waals surface area contributed by atoms with Crippen molar-refractivity contribution in [2.24, 2.45) is 11.8 Å². The second-order valence-electron chi connectivity index (χ2n) is 6.19. The maximum atomic E-state index is 12.4. The molecule has 0 bridgehead atoms. The molecule has 1 aromatic carbocycles. The fraction of sp³-hybridized carbons (Fsp3) is 0.444. The predicted octanol–water partition coefficient (Wildman–Crippen LogP) is 2.53. The quantitative estimate of drug-likeness (QED) is 0.498. The van der Waals surface area contributed by atoms with Crippen molar-refractivity contribution in [1.29, 1.82) is 0 Å². The van der Waals surface area contributed by atoms with Gasteiger partial charge in [-0.2, -0.15) is 0 Å². The van der Waals surface area contributed by atoms with Gasteiger partial charge in [-0.3, -0.25) is 19.7 Å². The van der Waals surface area contributed by atoms with Gasteiger partial charge in [0.15, 0.2) is 0 Å². The van der Waals surface area contributed by atoms with Gasteiger partial charge in [0.05, 0.1) is 30.0 Å². The van der Waals surface area contributed by atoms with Crippen molar-refractivity contribution in [3.05, 3.63) is 39.6 Å². The van der Waals surface area contributed by atoms with E-state index in [-0.39, 0.29) is 25.3 Å². The number of nitrogens with zero attached hydrogens (tertiary/aromatic N) is 1. The summed E-state index contributed by atoms with van der Waals surface area (Å²) in [5.41, 5.74) is 2.36. The minimum Gasteiger partial charge on any atom is -0.466 e. The second kappa shape index (κ2) is 7.15. The van der Waals surface area contributed by atoms with Crippen LogP contribution in [0.15, 0.2) is 18.2 Å². The molecule has 0 fully saturated rings. The van der Waals surface area contributed by atoms with Crippen molar-refractivity contribution in [2.75, 3.05) is 13.2 Å². The molecule has 0 saturated carbocycles. The summed E-state index contributed by atoms with van der Waals surface area (Å²) < 4.78 is 10.3. The lowest BCUT2D eigenvalue weighted by Crippen LogP contribution is -2.38. The Morgan fingerprint density at radius 2 is 1.77 bits per heavy atom. The van der Waals surface area contributed by atoms with E-state index < -0.39 is 28.7 Å². The zero-order valence-electron chi connectivity index (χ0n) is 14.6. The molecule has 1 N–H and O–H groups in total. The SMILES string of the molecule is CCOC(=O)C1Cc2[nH]c3ccc([N+](=O)[O-])cc3c2CC1C(=O)OCC. The summed E-state index contributed by atoms with van der Waals surface area (Å²) in [4.78, 5) is 38.6. The van der Waals surface area contributed by atoms with E-state index in [9.17, 15) is 19.7 Å². The summed E-state index contributed by atoms with van der Waals surface area (Å²) >= 11 is 0. The van der Waals surface area contributed by atoms with Gasteiger partial charge in [0.1, 0.15) is 0 Å². The molecule has 138 valence electrons. The van der Waals surface area contributed by atoms with E-state index in [0.717, 1.165) is 16.8 Å². The monoisotopic (exact) mass is 360 g/mol. The standard InChI is InChI=1S/C18H20N2O6/c1-3-25-17(21)13-8-12-11-7-10(20(23)24)5-6-15(11)19-16(12)9-14(13)18(22)26-4-2/h5-7,13-14,19H,3-4,8-9H2,1-2H3. The molecule has 26 heavy (non-hydrogen) atoms. The van der Waals surface area contributed by atoms with E-state index in [2.05, 4.69) is 4.98 Å². The molecular weight excluding hydrogens is 340 g/mol. The topological polar surface area (TPSA) is 112 Å². The Morgan fingerprint density at radius 3 is 2.35 bits per heavy atom. The highest BCUT2D eigenvalue weighted by molar-refractivity contribution is 5.90. The van der Waals surface area contributed by atoms with Crippen molar-refractivity contribution in [2.45, 2.75) is 26.7 Å². The zero-order chi connectivity index (χ0) is 18.8. The number of esters is 2. The Kier molecular flexibility index (Phi) is 4.92. The van der Waals surface area contributed by atoms with E-state index in [1.54, 1.807) is 19.9 Å². The van der Waals surface area contributed by atoms with Crippen LogP contribution >= 0.6 is 0 Å². The molecule has 1 aliphatic rings. The number of aromatic nitrogens is 1. The van der Waals surface area contributed by atoms with Crippen molar-refractivity contribution < 1.29 is 24.0 Å². The van der Waals surface area contributed by atoms with E-state index in [0.29, 0.717) is 11.8 Å². The van der Waals surface area contributed by atoms with Crippen LogP contribution in [0, 0.1) is 22.0 Å². The van der Waals surface area contributed by atoms with Crippen LogP contribution in [0.2, 0.25) is 0 Å². The van der Waals surface area contributed by atoms with Gasteiger partial charge in [-0.15, -0.1) is 0 Å². The number of hydrogen-bond donors (Lipinski definition) is 1. The van der Waals surface area contributed by atoms with Crippen LogP contribution in [-0.4, -0.2) is 35.1 Å². The summed E-state index contributed by atoms with van der Waals surface area (Å²) in [7, 11) is 0. The van der Waals surface area contributed by atoms with Gasteiger partial charge in [-0.1, -0.05) is 0 Å². The van der Waals surface area contributed by atoms with E-state index in [1.807, 2.05) is 0 Å². The number of rotatable bonds is 5. The summed E-state index contributed by atoms with van der Waals surface area (Å²) in [6.45, 7) is 3.88. The van der Waals surface area contributed by atoms with Crippen molar-refractivity contribution in [1.82, 2.24) is 4.98 Å². The summed E-state index contributed by atoms with van der Waals surface area (Å²) in [5.74, 6) is -2.18. The highest BCUT2D eigenvalue weighted by Gasteiger charge is 2.41. The number of ether oxygens (including phenoxy) is 2. The molecule has 8 heteroatoms. The lowest BCUT2D eigenvalue weighted by molar-refractivity contribution is -0.384. The van der Waals surface area contributed by atoms with Gasteiger partial charge in [0.2, 0.25) is 0 Å². The van der Waals surface area contributed by atoms with Crippen LogP contribution < -0.4 is 0 Å². The van der Waals surface area contributed by atoms with Gasteiger partial charge in [-0.05, 0) is 31.9 Å². The van der Waals surface area contributed by atoms with Gasteiger partial charge >= 0.3 is 11.9 Å². The molecule has 2 unspecified atom stereocenters. The van der Waals surface area contributed by atoms with Crippen LogP contribution in [0.5, 0.6) is 0 Å². The smallest absolute Gasteiger partial charge is 0.310 e. The van der Waals surface area contributed by atoms with Gasteiger partial charge in [0.25, 0.3) is 5.69 Å². The van der Waals surface area contributed by atoms with Crippen LogP contribution in [0.1, 0.15) is 25.1 Å². The molecule has 2 atom stereocenters. The number of aromatic amines is 1. The summed E-state index contributed by atoms with van der Waals surface area (Å²) in [6, 6.07) is 4.57. The Labute approximate surface area is 149 Å². The maximum absolute atomic E-state index is 12.4. The molecule has 1 heterocycles. The van der Waals surface area contributed by atoms with E-state index in [4.69, 9.17) is 9.47 Å². The number of benzene rings is 1. The van der Waals surface area contributed by atoms with Crippen molar-refractivity contribution >= 4 is 28.5 Å². The largest absolute Gasteiger partial charge is 0.466 e. The average molecular weight is 360 g/mol. The second-order valence-corrected chi connectivity index (χ2v) is 6.19. The predicted molar refractivity (Wildman–Crippen MR) is 92.6 cm³/mol. The van der Waals surface area contributed by atoms with Crippen LogP contribution in [-0.2, 0) is 31.9 Å². The van der Waals surface area contributed by atoms with Crippen LogP contribution in [0.3, 0.4) is 0 Å². The highest BCUT2D eigenvalue weighted by Crippen LogP contribution is 2.37. The number of non-ortho nitro benzene ring substituents is 1. The first-order valence-corrected chi connectivity index (χ1v) is 8.57. The van der Waals surface area contributed by atoms with Crippen molar-refractivity contribution in [3.8, 4) is 0 Å². The molecule has 0 aliphatic heterocycles. The Balaban J connectivity index is 2.04. The lowest BCUT2D eigenvalue weighted by Gasteiger charge is -2.28. The summed E-state index contributed by atoms with van der Waals surface area (Å²) in [6.07, 6.45) is 0.582. The fourth-order valence-electron chi connectivity index (χ4n) is 3.53. The maximum Gasteiger partial charge on any atom is 0.310 e. The molecule has 2 aromatic rings. The lowest BCUT2D eigenvalue weighted by atomic mass is 9.77. The minimum atomic E-state index is -0.667. The van der Waals surface area contributed by atoms with E-state index >= 15 is 0 Å². The number of fused-ring (bicyclic) bond motifs is 3. The molecule has 3 rings (SSSR count). The third-order valence-electron chi connectivity index (χ3n) is 4.70. The molecule has 0 radical (unpaired) electrons. The van der Waals surface area contributed by atoms with Crippen LogP contribution in [0.25, 0.3) is 10.9 Å². The van der Waals surface area contributed by atoms with Crippen LogP contribution in [0.4, 0.5) is 5.69 Å². The Morgan fingerprint density at radius 1 is 1.15 bits per heavy atom. The molecule has 1 aromatic heterocycles. The van der Waals surface area contributed by atoms with Gasteiger partial charge in [0, 0.05) is 35.2 Å². The molecule has 0 saturated heterocycles. The third-order valence-corrected chi connectivity index (χ3v) is 4.70. The molecular formula is C18H20N2O6. The first-order chi connectivity index (χ1) is 12.5. The van der Waals surface area contributed by atoms with E-state index in [1.165, 1.54) is 12.1 Å². The minimum absolute atomic E-state index is 0.0144. The molecule has 1 aliphatic carbocycles. The van der Waals surface area contributed by atoms with Gasteiger partial charge in [-0.25, -0.2) is 0 Å². The van der Waals surface area contributed by atoms with Crippen molar-refractivity contribution in [3.63, 3.8) is 0 Å². The Hall–Kier alpha value is -2.90. The first kappa shape index (κ1) is 17.9. The number of H-pyrrole nitrogens is 1. The molecule has 0 spiro atoms. The number of nitro groups is 1. The fourth-order valence-corrected chi connectivity index (χ4v) is 3.53. The number of nitro benzene ring substituents is 1. The number of nitrogens with one attached hydrogen (secondary N) is 1. The zero-order valence-corrected chi connectivity index (χ0v) is 14.6. The highest BCUT2D eigenvalue weighted by atomic mass is 16.6. The normalized spacial score (nSPS) is 19.0. The Bertz CT molecular complexity index is 872. The first-order valence-electron chi connectivity index (χ1n) is 8.57. The summed E-state index contributed by atoms with van der Waals surface area (Å²) in [5, 5.41) is 11.8. The molecule has 0 amide bonds. The molecule has 8 nitrogen and oxygen atoms in total. The number of carbonyl (C=O) groups excluding carboxylic acids is 2. The van der Waals surface area contributed by atoms with Gasteiger partial charge < -0.3 is 14.5 Å². The third kappa shape index (κ3) is 3.14. The number of hydrogen-bond acceptors (Lipinski definition) is 6.